The Hall–Kier alpha value is -3.49. The summed E-state index contributed by atoms with van der Waals surface area (Å²) in [5.74, 6) is -1.61. The maximum atomic E-state index is 12.6. The van der Waals surface area contributed by atoms with E-state index in [0.29, 0.717) is 17.1 Å². The Kier molecular flexibility index (Phi) is 6.87. The van der Waals surface area contributed by atoms with Crippen molar-refractivity contribution in [3.05, 3.63) is 40.8 Å². The predicted molar refractivity (Wildman–Crippen MR) is 105 cm³/mol. The molecule has 0 bridgehead atoms. The molecular weight excluding hydrogens is 378 g/mol. The maximum Gasteiger partial charge on any atom is 0.344 e. The summed E-state index contributed by atoms with van der Waals surface area (Å²) in [6.45, 7) is 7.41. The van der Waals surface area contributed by atoms with E-state index in [2.05, 4.69) is 15.8 Å². The van der Waals surface area contributed by atoms with Crippen LogP contribution in [0.4, 0.5) is 11.4 Å². The number of ketones is 1. The van der Waals surface area contributed by atoms with E-state index in [1.807, 2.05) is 13.8 Å². The number of nitrogens with zero attached hydrogens (tertiary/aromatic N) is 1. The average Bonchev–Trinajstić information content (AvgIpc) is 3.00. The van der Waals surface area contributed by atoms with Crippen molar-refractivity contribution in [3.63, 3.8) is 0 Å². The van der Waals surface area contributed by atoms with Gasteiger partial charge in [0.2, 0.25) is 17.6 Å². The molecule has 0 radical (unpaired) electrons. The zero-order valence-electron chi connectivity index (χ0n) is 16.9. The molecule has 0 spiro atoms. The van der Waals surface area contributed by atoms with Gasteiger partial charge in [0, 0.05) is 31.0 Å². The molecule has 2 amide bonds. The number of ether oxygens (including phenoxy) is 1. The van der Waals surface area contributed by atoms with E-state index in [-0.39, 0.29) is 28.6 Å². The number of hydrogen-bond acceptors (Lipinski definition) is 7. The number of carbonyl (C=O) groups is 4. The molecule has 2 N–H and O–H groups in total. The van der Waals surface area contributed by atoms with Crippen molar-refractivity contribution in [2.24, 2.45) is 0 Å². The molecule has 2 aromatic rings. The number of esters is 1. The molecule has 1 aromatic carbocycles. The van der Waals surface area contributed by atoms with Gasteiger partial charge in [0.05, 0.1) is 11.4 Å². The normalized spacial score (nSPS) is 10.6. The Morgan fingerprint density at radius 3 is 2.34 bits per heavy atom. The lowest BCUT2D eigenvalue weighted by atomic mass is 10.1. The van der Waals surface area contributed by atoms with Gasteiger partial charge >= 0.3 is 5.97 Å². The molecule has 0 fully saturated rings. The van der Waals surface area contributed by atoms with Gasteiger partial charge in [-0.1, -0.05) is 19.0 Å². The minimum atomic E-state index is -0.711. The van der Waals surface area contributed by atoms with Crippen LogP contribution in [-0.2, 0) is 14.3 Å². The third-order valence-corrected chi connectivity index (χ3v) is 3.90. The summed E-state index contributed by atoms with van der Waals surface area (Å²) in [6.07, 6.45) is 0. The second-order valence-electron chi connectivity index (χ2n) is 6.78. The summed E-state index contributed by atoms with van der Waals surface area (Å²) >= 11 is 0. The van der Waals surface area contributed by atoms with Gasteiger partial charge in [-0.3, -0.25) is 14.4 Å². The van der Waals surface area contributed by atoms with Crippen LogP contribution in [0.1, 0.15) is 65.8 Å². The number of anilines is 2. The van der Waals surface area contributed by atoms with Crippen LogP contribution < -0.4 is 10.6 Å². The second kappa shape index (κ2) is 9.13. The monoisotopic (exact) mass is 401 g/mol. The first-order chi connectivity index (χ1) is 13.6. The van der Waals surface area contributed by atoms with Crippen molar-refractivity contribution in [1.82, 2.24) is 5.16 Å². The molecular formula is C20H23N3O6. The first-order valence-electron chi connectivity index (χ1n) is 8.95. The highest BCUT2D eigenvalue weighted by atomic mass is 16.5. The molecule has 0 unspecified atom stereocenters. The lowest BCUT2D eigenvalue weighted by Crippen LogP contribution is -2.18. The number of aromatic nitrogens is 1. The largest absolute Gasteiger partial charge is 0.454 e. The van der Waals surface area contributed by atoms with Gasteiger partial charge in [0.15, 0.2) is 12.4 Å². The highest BCUT2D eigenvalue weighted by molar-refractivity contribution is 6.07. The fraction of sp³-hybridized carbons (Fsp3) is 0.350. The standard InChI is InChI=1S/C20H23N3O6/c1-10(2)19-18(11(3)23-29-19)20(27)28-9-17(26)15-7-6-14(21-12(4)24)8-16(15)22-13(5)25/h6-8,10H,9H2,1-5H3,(H,21,24)(H,22,25). The van der Waals surface area contributed by atoms with E-state index >= 15 is 0 Å². The first kappa shape index (κ1) is 21.8. The van der Waals surface area contributed by atoms with E-state index in [1.165, 1.54) is 32.0 Å². The third-order valence-electron chi connectivity index (χ3n) is 3.90. The fourth-order valence-corrected chi connectivity index (χ4v) is 2.67. The molecule has 1 heterocycles. The number of aryl methyl sites for hydroxylation is 1. The quantitative estimate of drug-likeness (QED) is 0.539. The van der Waals surface area contributed by atoms with Gasteiger partial charge in [-0.05, 0) is 25.1 Å². The van der Waals surface area contributed by atoms with Crippen molar-refractivity contribution in [1.29, 1.82) is 0 Å². The van der Waals surface area contributed by atoms with Crippen molar-refractivity contribution in [3.8, 4) is 0 Å². The van der Waals surface area contributed by atoms with Crippen LogP contribution in [0.2, 0.25) is 0 Å². The Balaban J connectivity index is 2.20. The number of carbonyl (C=O) groups excluding carboxylic acids is 4. The van der Waals surface area contributed by atoms with E-state index in [4.69, 9.17) is 9.26 Å². The van der Waals surface area contributed by atoms with Crippen LogP contribution in [0.25, 0.3) is 0 Å². The summed E-state index contributed by atoms with van der Waals surface area (Å²) in [4.78, 5) is 47.7. The van der Waals surface area contributed by atoms with Crippen molar-refractivity contribution >= 4 is 34.9 Å². The number of rotatable bonds is 7. The zero-order valence-corrected chi connectivity index (χ0v) is 16.9. The highest BCUT2D eigenvalue weighted by Gasteiger charge is 2.25. The van der Waals surface area contributed by atoms with Crippen LogP contribution in [-0.4, -0.2) is 35.3 Å². The molecule has 1 aromatic heterocycles. The SMILES string of the molecule is CC(=O)Nc1ccc(C(=O)COC(=O)c2c(C)noc2C(C)C)c(NC(C)=O)c1. The number of Topliss-reactive ketones (excluding diaryl/α,β-unsaturated/α-hetero) is 1. The van der Waals surface area contributed by atoms with Gasteiger partial charge < -0.3 is 19.9 Å². The molecule has 0 aliphatic carbocycles. The maximum absolute atomic E-state index is 12.6. The van der Waals surface area contributed by atoms with E-state index in [0.717, 1.165) is 0 Å². The number of benzene rings is 1. The molecule has 154 valence electrons. The van der Waals surface area contributed by atoms with Crippen LogP contribution >= 0.6 is 0 Å². The minimum absolute atomic E-state index is 0.0814. The zero-order chi connectivity index (χ0) is 21.7. The van der Waals surface area contributed by atoms with Gasteiger partial charge in [-0.15, -0.1) is 0 Å². The Morgan fingerprint density at radius 2 is 1.76 bits per heavy atom. The lowest BCUT2D eigenvalue weighted by Gasteiger charge is -2.12. The van der Waals surface area contributed by atoms with Crippen LogP contribution in [0.15, 0.2) is 22.7 Å². The summed E-state index contributed by atoms with van der Waals surface area (Å²) in [5, 5.41) is 8.89. The summed E-state index contributed by atoms with van der Waals surface area (Å²) in [5.41, 5.74) is 1.35. The second-order valence-corrected chi connectivity index (χ2v) is 6.78. The molecule has 0 atom stereocenters. The number of amides is 2. The molecule has 0 aliphatic heterocycles. The lowest BCUT2D eigenvalue weighted by molar-refractivity contribution is -0.115. The van der Waals surface area contributed by atoms with E-state index < -0.39 is 24.3 Å². The van der Waals surface area contributed by atoms with Crippen LogP contribution in [0.5, 0.6) is 0 Å². The number of hydrogen-bond donors (Lipinski definition) is 2. The minimum Gasteiger partial charge on any atom is -0.454 e. The van der Waals surface area contributed by atoms with Crippen molar-refractivity contribution in [2.75, 3.05) is 17.2 Å². The Morgan fingerprint density at radius 1 is 1.10 bits per heavy atom. The van der Waals surface area contributed by atoms with Crippen LogP contribution in [0.3, 0.4) is 0 Å². The predicted octanol–water partition coefficient (Wildman–Crippen LogP) is 3.06. The number of nitrogens with one attached hydrogen (secondary N) is 2. The molecule has 0 saturated heterocycles. The van der Waals surface area contributed by atoms with Gasteiger partial charge in [0.1, 0.15) is 5.56 Å². The molecule has 2 rings (SSSR count). The van der Waals surface area contributed by atoms with Gasteiger partial charge in [-0.2, -0.15) is 0 Å². The molecule has 9 heteroatoms. The van der Waals surface area contributed by atoms with E-state index in [9.17, 15) is 19.2 Å². The third kappa shape index (κ3) is 5.50. The molecule has 29 heavy (non-hydrogen) atoms. The summed E-state index contributed by atoms with van der Waals surface area (Å²) < 4.78 is 10.3. The van der Waals surface area contributed by atoms with E-state index in [1.54, 1.807) is 6.92 Å². The van der Waals surface area contributed by atoms with Gasteiger partial charge in [0.25, 0.3) is 0 Å². The topological polar surface area (TPSA) is 128 Å². The van der Waals surface area contributed by atoms with Gasteiger partial charge in [-0.25, -0.2) is 4.79 Å². The fourth-order valence-electron chi connectivity index (χ4n) is 2.67. The molecule has 0 aliphatic rings. The summed E-state index contributed by atoms with van der Waals surface area (Å²) in [7, 11) is 0. The van der Waals surface area contributed by atoms with Crippen molar-refractivity contribution < 1.29 is 28.4 Å². The Labute approximate surface area is 167 Å². The smallest absolute Gasteiger partial charge is 0.344 e. The highest BCUT2D eigenvalue weighted by Crippen LogP contribution is 2.24. The first-order valence-corrected chi connectivity index (χ1v) is 8.95. The molecule has 9 nitrogen and oxygen atoms in total. The molecule has 0 saturated carbocycles. The average molecular weight is 401 g/mol. The van der Waals surface area contributed by atoms with Crippen molar-refractivity contribution in [2.45, 2.75) is 40.5 Å². The Bertz CT molecular complexity index is 961. The summed E-state index contributed by atoms with van der Waals surface area (Å²) in [6, 6.07) is 4.42. The van der Waals surface area contributed by atoms with Crippen LogP contribution in [0, 0.1) is 6.92 Å².